The van der Waals surface area contributed by atoms with Crippen molar-refractivity contribution in [2.75, 3.05) is 10.7 Å². The zero-order chi connectivity index (χ0) is 19.2. The second-order valence-corrected chi connectivity index (χ2v) is 6.66. The molecule has 0 fully saturated rings. The molecule has 142 valence electrons. The number of para-hydroxylation sites is 1. The molecule has 0 atom stereocenters. The maximum absolute atomic E-state index is 12.9. The van der Waals surface area contributed by atoms with Crippen molar-refractivity contribution in [3.63, 3.8) is 0 Å². The predicted octanol–water partition coefficient (Wildman–Crippen LogP) is 2.63. The molecule has 4 aromatic rings. The first-order chi connectivity index (χ1) is 13.8. The summed E-state index contributed by atoms with van der Waals surface area (Å²) in [6.45, 7) is 0.675. The average molecular weight is 396 g/mol. The van der Waals surface area contributed by atoms with Gasteiger partial charge in [0.05, 0.1) is 18.6 Å². The summed E-state index contributed by atoms with van der Waals surface area (Å²) >= 11 is 1.19. The molecule has 0 saturated carbocycles. The van der Waals surface area contributed by atoms with Gasteiger partial charge in [0, 0.05) is 5.69 Å². The minimum Gasteiger partial charge on any atom is -0.467 e. The van der Waals surface area contributed by atoms with Crippen LogP contribution in [0.1, 0.15) is 11.7 Å². The van der Waals surface area contributed by atoms with Crippen molar-refractivity contribution in [2.45, 2.75) is 18.3 Å². The molecule has 4 rings (SSSR count). The minimum atomic E-state index is -0.0939. The molecule has 28 heavy (non-hydrogen) atoms. The highest BCUT2D eigenvalue weighted by Gasteiger charge is 2.19. The van der Waals surface area contributed by atoms with Crippen molar-refractivity contribution in [3.05, 3.63) is 73.0 Å². The number of carbonyl (C=O) groups excluding carboxylic acids is 1. The van der Waals surface area contributed by atoms with E-state index in [0.717, 1.165) is 5.69 Å². The highest BCUT2D eigenvalue weighted by Crippen LogP contribution is 2.22. The van der Waals surface area contributed by atoms with Crippen LogP contribution in [0.3, 0.4) is 0 Å². The molecule has 1 amide bonds. The Hall–Kier alpha value is -3.40. The number of thioether (sulfide) groups is 1. The van der Waals surface area contributed by atoms with Gasteiger partial charge in [-0.25, -0.2) is 9.67 Å². The zero-order valence-electron chi connectivity index (χ0n) is 14.7. The van der Waals surface area contributed by atoms with Crippen LogP contribution in [0.4, 0.5) is 5.69 Å². The molecule has 9 nitrogen and oxygen atoms in total. The van der Waals surface area contributed by atoms with Gasteiger partial charge in [-0.3, -0.25) is 4.79 Å². The average Bonchev–Trinajstić information content (AvgIpc) is 3.49. The first-order valence-corrected chi connectivity index (χ1v) is 9.42. The van der Waals surface area contributed by atoms with E-state index in [0.29, 0.717) is 30.0 Å². The summed E-state index contributed by atoms with van der Waals surface area (Å²) in [5.41, 5.74) is 0.793. The highest BCUT2D eigenvalue weighted by atomic mass is 32.2. The van der Waals surface area contributed by atoms with E-state index in [4.69, 9.17) is 8.83 Å². The summed E-state index contributed by atoms with van der Waals surface area (Å²) in [6.07, 6.45) is 4.58. The normalized spacial score (nSPS) is 10.9. The van der Waals surface area contributed by atoms with Crippen molar-refractivity contribution in [1.29, 1.82) is 0 Å². The van der Waals surface area contributed by atoms with E-state index in [-0.39, 0.29) is 11.7 Å². The van der Waals surface area contributed by atoms with E-state index >= 15 is 0 Å². The molecule has 0 aliphatic rings. The van der Waals surface area contributed by atoms with Gasteiger partial charge in [-0.2, -0.15) is 5.10 Å². The second kappa shape index (κ2) is 8.53. The van der Waals surface area contributed by atoms with Gasteiger partial charge in [0.25, 0.3) is 5.22 Å². The predicted molar refractivity (Wildman–Crippen MR) is 100 cm³/mol. The van der Waals surface area contributed by atoms with Gasteiger partial charge in [-0.1, -0.05) is 30.0 Å². The van der Waals surface area contributed by atoms with E-state index in [1.54, 1.807) is 28.2 Å². The fourth-order valence-electron chi connectivity index (χ4n) is 2.50. The Kier molecular flexibility index (Phi) is 5.48. The molecule has 0 N–H and O–H groups in total. The van der Waals surface area contributed by atoms with E-state index in [2.05, 4.69) is 20.3 Å². The molecule has 0 aliphatic heterocycles. The van der Waals surface area contributed by atoms with Gasteiger partial charge in [0.15, 0.2) is 0 Å². The standard InChI is InChI=1S/C18H16N6O3S/c25-17(11-28-18-22-21-16(27-18)10-23-13-19-12-20-23)24(9-15-7-4-8-26-15)14-5-2-1-3-6-14/h1-8,12-13H,9-11H2. The van der Waals surface area contributed by atoms with E-state index in [1.165, 1.54) is 18.1 Å². The lowest BCUT2D eigenvalue weighted by Gasteiger charge is -2.21. The van der Waals surface area contributed by atoms with Crippen molar-refractivity contribution in [1.82, 2.24) is 25.0 Å². The Morgan fingerprint density at radius 3 is 2.79 bits per heavy atom. The summed E-state index contributed by atoms with van der Waals surface area (Å²) in [4.78, 5) is 18.4. The molecule has 10 heteroatoms. The molecule has 0 bridgehead atoms. The third-order valence-corrected chi connectivity index (χ3v) is 4.60. The maximum Gasteiger partial charge on any atom is 0.277 e. The lowest BCUT2D eigenvalue weighted by molar-refractivity contribution is -0.116. The fraction of sp³-hybridized carbons (Fsp3) is 0.167. The number of hydrogen-bond donors (Lipinski definition) is 0. The van der Waals surface area contributed by atoms with E-state index < -0.39 is 0 Å². The van der Waals surface area contributed by atoms with Crippen LogP contribution in [0.25, 0.3) is 0 Å². The number of amides is 1. The van der Waals surface area contributed by atoms with Crippen molar-refractivity contribution < 1.29 is 13.6 Å². The number of furan rings is 1. The van der Waals surface area contributed by atoms with E-state index in [1.807, 2.05) is 36.4 Å². The van der Waals surface area contributed by atoms with Gasteiger partial charge in [0.2, 0.25) is 11.8 Å². The molecular formula is C18H16N6O3S. The van der Waals surface area contributed by atoms with Crippen molar-refractivity contribution in [2.24, 2.45) is 0 Å². The quantitative estimate of drug-likeness (QED) is 0.419. The summed E-state index contributed by atoms with van der Waals surface area (Å²) in [7, 11) is 0. The number of nitrogens with zero attached hydrogens (tertiary/aromatic N) is 6. The first kappa shape index (κ1) is 18.0. The van der Waals surface area contributed by atoms with Gasteiger partial charge in [-0.15, -0.1) is 10.2 Å². The van der Waals surface area contributed by atoms with Crippen LogP contribution < -0.4 is 4.90 Å². The monoisotopic (exact) mass is 396 g/mol. The Morgan fingerprint density at radius 2 is 2.04 bits per heavy atom. The minimum absolute atomic E-state index is 0.0939. The Balaban J connectivity index is 1.41. The van der Waals surface area contributed by atoms with Crippen LogP contribution in [-0.4, -0.2) is 36.6 Å². The number of benzene rings is 1. The van der Waals surface area contributed by atoms with Crippen LogP contribution in [0.15, 0.2) is 75.4 Å². The van der Waals surface area contributed by atoms with Crippen molar-refractivity contribution >= 4 is 23.4 Å². The van der Waals surface area contributed by atoms with Crippen LogP contribution in [-0.2, 0) is 17.9 Å². The lowest BCUT2D eigenvalue weighted by atomic mass is 10.2. The maximum atomic E-state index is 12.9. The summed E-state index contributed by atoms with van der Waals surface area (Å²) in [6, 6.07) is 13.1. The van der Waals surface area contributed by atoms with Gasteiger partial charge in [0.1, 0.15) is 25.0 Å². The summed E-state index contributed by atoms with van der Waals surface area (Å²) in [5.74, 6) is 1.16. The topological polar surface area (TPSA) is 103 Å². The molecule has 0 unspecified atom stereocenters. The van der Waals surface area contributed by atoms with Gasteiger partial charge < -0.3 is 13.7 Å². The zero-order valence-corrected chi connectivity index (χ0v) is 15.5. The largest absolute Gasteiger partial charge is 0.467 e. The molecule has 3 heterocycles. The SMILES string of the molecule is O=C(CSc1nnc(Cn2cncn2)o1)N(Cc1ccco1)c1ccccc1. The highest BCUT2D eigenvalue weighted by molar-refractivity contribution is 7.99. The smallest absolute Gasteiger partial charge is 0.277 e. The van der Waals surface area contributed by atoms with Gasteiger partial charge >= 0.3 is 0 Å². The third kappa shape index (κ3) is 4.46. The van der Waals surface area contributed by atoms with Crippen LogP contribution >= 0.6 is 11.8 Å². The van der Waals surface area contributed by atoms with Crippen molar-refractivity contribution in [3.8, 4) is 0 Å². The van der Waals surface area contributed by atoms with Crippen LogP contribution in [0, 0.1) is 0 Å². The van der Waals surface area contributed by atoms with Crippen LogP contribution in [0.5, 0.6) is 0 Å². The first-order valence-electron chi connectivity index (χ1n) is 8.43. The fourth-order valence-corrected chi connectivity index (χ4v) is 3.16. The van der Waals surface area contributed by atoms with E-state index in [9.17, 15) is 4.79 Å². The molecule has 0 saturated heterocycles. The lowest BCUT2D eigenvalue weighted by Crippen LogP contribution is -2.31. The number of carbonyl (C=O) groups is 1. The molecule has 0 spiro atoms. The second-order valence-electron chi connectivity index (χ2n) is 5.74. The Labute approximate surface area is 164 Å². The van der Waals surface area contributed by atoms with Crippen LogP contribution in [0.2, 0.25) is 0 Å². The molecule has 3 aromatic heterocycles. The number of aromatic nitrogens is 5. The Bertz CT molecular complexity index is 1000. The number of hydrogen-bond acceptors (Lipinski definition) is 8. The third-order valence-electron chi connectivity index (χ3n) is 3.79. The Morgan fingerprint density at radius 1 is 1.14 bits per heavy atom. The molecular weight excluding hydrogens is 380 g/mol. The van der Waals surface area contributed by atoms with Gasteiger partial charge in [-0.05, 0) is 24.3 Å². The number of rotatable bonds is 8. The molecule has 1 aromatic carbocycles. The number of anilines is 1. The molecule has 0 aliphatic carbocycles. The molecule has 0 radical (unpaired) electrons. The summed E-state index contributed by atoms with van der Waals surface area (Å²) < 4.78 is 12.5. The summed E-state index contributed by atoms with van der Waals surface area (Å²) in [5, 5.41) is 12.3.